The molecule has 0 aromatic carbocycles. The SMILES string of the molecule is CC[C@@H](C)NC(=O)Cn1c2c(c(=O)n3nc(C(C)(C)C)cc13)CN(C(C)C)C2=O. The van der Waals surface area contributed by atoms with Gasteiger partial charge in [-0.2, -0.15) is 9.61 Å². The average Bonchev–Trinajstić information content (AvgIpc) is 3.21. The second-order valence-electron chi connectivity index (χ2n) is 9.17. The standard InChI is InChI=1S/C21H31N5O3/c1-8-13(4)22-16(27)11-25-17-9-15(21(5,6)7)23-26(17)19(28)14-10-24(12(2)3)20(29)18(14)25/h9,12-13H,8,10-11H2,1-7H3,(H,22,27)/t13-/m1/s1. The fourth-order valence-electron chi connectivity index (χ4n) is 3.49. The van der Waals surface area contributed by atoms with Gasteiger partial charge in [0.05, 0.1) is 17.8 Å². The summed E-state index contributed by atoms with van der Waals surface area (Å²) >= 11 is 0. The predicted octanol–water partition coefficient (Wildman–Crippen LogP) is 2.07. The lowest BCUT2D eigenvalue weighted by atomic mass is 9.93. The molecule has 158 valence electrons. The van der Waals surface area contributed by atoms with Crippen molar-refractivity contribution in [3.05, 3.63) is 33.4 Å². The van der Waals surface area contributed by atoms with Gasteiger partial charge >= 0.3 is 0 Å². The lowest BCUT2D eigenvalue weighted by molar-refractivity contribution is -0.122. The van der Waals surface area contributed by atoms with Crippen LogP contribution in [0.4, 0.5) is 0 Å². The van der Waals surface area contributed by atoms with E-state index in [1.807, 2.05) is 54.5 Å². The summed E-state index contributed by atoms with van der Waals surface area (Å²) in [4.78, 5) is 40.6. The van der Waals surface area contributed by atoms with Crippen molar-refractivity contribution >= 4 is 17.5 Å². The molecular formula is C21H31N5O3. The summed E-state index contributed by atoms with van der Waals surface area (Å²) in [6.07, 6.45) is 0.810. The molecule has 0 radical (unpaired) electrons. The van der Waals surface area contributed by atoms with Gasteiger partial charge in [0.25, 0.3) is 11.5 Å². The molecule has 0 spiro atoms. The van der Waals surface area contributed by atoms with Gasteiger partial charge in [-0.15, -0.1) is 0 Å². The molecule has 8 heteroatoms. The van der Waals surface area contributed by atoms with Gasteiger partial charge in [0.15, 0.2) is 0 Å². The molecule has 29 heavy (non-hydrogen) atoms. The van der Waals surface area contributed by atoms with Crippen LogP contribution >= 0.6 is 0 Å². The molecule has 0 saturated heterocycles. The Balaban J connectivity index is 2.22. The molecule has 1 aliphatic rings. The number of nitrogens with one attached hydrogen (secondary N) is 1. The van der Waals surface area contributed by atoms with Crippen LogP contribution in [0.3, 0.4) is 0 Å². The monoisotopic (exact) mass is 401 g/mol. The van der Waals surface area contributed by atoms with Gasteiger partial charge in [-0.05, 0) is 27.2 Å². The van der Waals surface area contributed by atoms with Crippen LogP contribution in [0.2, 0.25) is 0 Å². The molecule has 3 rings (SSSR count). The molecule has 1 aliphatic heterocycles. The number of aromatic nitrogens is 3. The van der Waals surface area contributed by atoms with Crippen LogP contribution in [0.25, 0.3) is 5.65 Å². The summed E-state index contributed by atoms with van der Waals surface area (Å²) in [7, 11) is 0. The van der Waals surface area contributed by atoms with E-state index in [9.17, 15) is 14.4 Å². The Kier molecular flexibility index (Phi) is 5.32. The van der Waals surface area contributed by atoms with E-state index < -0.39 is 0 Å². The number of nitrogens with zero attached hydrogens (tertiary/aromatic N) is 4. The smallest absolute Gasteiger partial charge is 0.280 e. The third kappa shape index (κ3) is 3.68. The summed E-state index contributed by atoms with van der Waals surface area (Å²) in [5, 5.41) is 7.46. The lowest BCUT2D eigenvalue weighted by Gasteiger charge is -2.20. The Bertz CT molecular complexity index is 1030. The number of carbonyl (C=O) groups excluding carboxylic acids is 2. The van der Waals surface area contributed by atoms with E-state index in [1.165, 1.54) is 4.52 Å². The zero-order valence-electron chi connectivity index (χ0n) is 18.4. The van der Waals surface area contributed by atoms with Crippen molar-refractivity contribution in [2.75, 3.05) is 0 Å². The lowest BCUT2D eigenvalue weighted by Crippen LogP contribution is -2.37. The van der Waals surface area contributed by atoms with Gasteiger partial charge in [-0.3, -0.25) is 14.4 Å². The highest BCUT2D eigenvalue weighted by Crippen LogP contribution is 2.27. The first-order valence-electron chi connectivity index (χ1n) is 10.2. The third-order valence-corrected chi connectivity index (χ3v) is 5.48. The van der Waals surface area contributed by atoms with E-state index in [0.29, 0.717) is 16.9 Å². The van der Waals surface area contributed by atoms with Crippen LogP contribution in [0.15, 0.2) is 10.9 Å². The van der Waals surface area contributed by atoms with E-state index >= 15 is 0 Å². The van der Waals surface area contributed by atoms with Crippen LogP contribution in [0.1, 0.15) is 76.6 Å². The third-order valence-electron chi connectivity index (χ3n) is 5.48. The topological polar surface area (TPSA) is 88.7 Å². The maximum absolute atomic E-state index is 13.1. The zero-order valence-corrected chi connectivity index (χ0v) is 18.4. The normalized spacial score (nSPS) is 15.3. The van der Waals surface area contributed by atoms with E-state index in [1.54, 1.807) is 9.47 Å². The number of carbonyl (C=O) groups is 2. The predicted molar refractivity (Wildman–Crippen MR) is 111 cm³/mol. The molecular weight excluding hydrogens is 370 g/mol. The molecule has 0 fully saturated rings. The molecule has 0 aliphatic carbocycles. The van der Waals surface area contributed by atoms with Crippen molar-refractivity contribution in [3.8, 4) is 0 Å². The van der Waals surface area contributed by atoms with Crippen LogP contribution in [0.5, 0.6) is 0 Å². The van der Waals surface area contributed by atoms with Crippen LogP contribution < -0.4 is 10.9 Å². The van der Waals surface area contributed by atoms with E-state index in [-0.39, 0.29) is 48.0 Å². The fraction of sp³-hybridized carbons (Fsp3) is 0.619. The zero-order chi connectivity index (χ0) is 21.7. The van der Waals surface area contributed by atoms with Crippen molar-refractivity contribution < 1.29 is 9.59 Å². The highest BCUT2D eigenvalue weighted by molar-refractivity contribution is 5.98. The van der Waals surface area contributed by atoms with Crippen LogP contribution in [-0.4, -0.2) is 43.0 Å². The van der Waals surface area contributed by atoms with Crippen molar-refractivity contribution in [2.45, 2.75) is 85.5 Å². The van der Waals surface area contributed by atoms with Gasteiger partial charge in [-0.1, -0.05) is 27.7 Å². The largest absolute Gasteiger partial charge is 0.352 e. The van der Waals surface area contributed by atoms with Crippen molar-refractivity contribution in [2.24, 2.45) is 0 Å². The minimum Gasteiger partial charge on any atom is -0.352 e. The number of hydrogen-bond acceptors (Lipinski definition) is 4. The van der Waals surface area contributed by atoms with E-state index in [2.05, 4.69) is 10.4 Å². The molecule has 8 nitrogen and oxygen atoms in total. The van der Waals surface area contributed by atoms with Crippen molar-refractivity contribution in [1.82, 2.24) is 24.4 Å². The summed E-state index contributed by atoms with van der Waals surface area (Å²) < 4.78 is 2.99. The summed E-state index contributed by atoms with van der Waals surface area (Å²) in [6, 6.07) is 1.79. The number of fused-ring (bicyclic) bond motifs is 2. The first-order valence-corrected chi connectivity index (χ1v) is 10.2. The number of hydrogen-bond donors (Lipinski definition) is 1. The first-order chi connectivity index (χ1) is 13.5. The summed E-state index contributed by atoms with van der Waals surface area (Å²) in [5.41, 5.74) is 1.35. The van der Waals surface area contributed by atoms with Gasteiger partial charge in [0.1, 0.15) is 17.9 Å². The number of rotatable bonds is 5. The molecule has 0 unspecified atom stereocenters. The van der Waals surface area contributed by atoms with Gasteiger partial charge in [0.2, 0.25) is 5.91 Å². The highest BCUT2D eigenvalue weighted by atomic mass is 16.2. The Morgan fingerprint density at radius 2 is 1.90 bits per heavy atom. The maximum atomic E-state index is 13.1. The quantitative estimate of drug-likeness (QED) is 0.831. The summed E-state index contributed by atoms with van der Waals surface area (Å²) in [6.45, 7) is 14.0. The summed E-state index contributed by atoms with van der Waals surface area (Å²) in [5.74, 6) is -0.411. The van der Waals surface area contributed by atoms with E-state index in [0.717, 1.165) is 12.1 Å². The highest BCUT2D eigenvalue weighted by Gasteiger charge is 2.36. The molecule has 1 atom stereocenters. The van der Waals surface area contributed by atoms with Crippen molar-refractivity contribution in [3.63, 3.8) is 0 Å². The van der Waals surface area contributed by atoms with Crippen LogP contribution in [0, 0.1) is 0 Å². The molecule has 2 aromatic rings. The Labute approximate surface area is 170 Å². The minimum atomic E-state index is -0.291. The fourth-order valence-corrected chi connectivity index (χ4v) is 3.49. The van der Waals surface area contributed by atoms with E-state index in [4.69, 9.17) is 0 Å². The number of amides is 2. The molecule has 1 N–H and O–H groups in total. The second-order valence-corrected chi connectivity index (χ2v) is 9.17. The second kappa shape index (κ2) is 7.31. The first kappa shape index (κ1) is 21.1. The molecule has 0 saturated carbocycles. The van der Waals surface area contributed by atoms with Gasteiger partial charge < -0.3 is 14.8 Å². The van der Waals surface area contributed by atoms with Crippen molar-refractivity contribution in [1.29, 1.82) is 0 Å². The molecule has 3 heterocycles. The van der Waals surface area contributed by atoms with Crippen LogP contribution in [-0.2, 0) is 23.3 Å². The Morgan fingerprint density at radius 1 is 1.24 bits per heavy atom. The Morgan fingerprint density at radius 3 is 2.45 bits per heavy atom. The molecule has 0 bridgehead atoms. The molecule has 2 amide bonds. The molecule has 2 aromatic heterocycles. The minimum absolute atomic E-state index is 0.0314. The average molecular weight is 402 g/mol. The maximum Gasteiger partial charge on any atom is 0.280 e. The van der Waals surface area contributed by atoms with Gasteiger partial charge in [-0.25, -0.2) is 0 Å². The Hall–Kier alpha value is -2.64. The van der Waals surface area contributed by atoms with Gasteiger partial charge in [0, 0.05) is 23.6 Å².